The van der Waals surface area contributed by atoms with Crippen molar-refractivity contribution in [3.05, 3.63) is 32.7 Å². The minimum absolute atomic E-state index is 0.151. The molecular weight excluding hydrogens is 376 g/mol. The molecule has 1 unspecified atom stereocenters. The van der Waals surface area contributed by atoms with E-state index >= 15 is 0 Å². The molecule has 0 radical (unpaired) electrons. The van der Waals surface area contributed by atoms with Crippen LogP contribution < -0.4 is 26.4 Å². The predicted octanol–water partition coefficient (Wildman–Crippen LogP) is 2.42. The first-order chi connectivity index (χ1) is 13.5. The highest BCUT2D eigenvalue weighted by molar-refractivity contribution is 7.12. The summed E-state index contributed by atoms with van der Waals surface area (Å²) in [7, 11) is 1.66. The molecular formula is C20H24N4O3S. The lowest BCUT2D eigenvalue weighted by Gasteiger charge is -2.24. The molecule has 3 N–H and O–H groups in total. The van der Waals surface area contributed by atoms with E-state index in [0.29, 0.717) is 17.3 Å². The Bertz CT molecular complexity index is 1190. The summed E-state index contributed by atoms with van der Waals surface area (Å²) >= 11 is 1.24. The maximum Gasteiger partial charge on any atom is 0.271 e. The Morgan fingerprint density at radius 1 is 1.29 bits per heavy atom. The molecule has 28 heavy (non-hydrogen) atoms. The number of benzene rings is 1. The Hall–Kier alpha value is -2.32. The van der Waals surface area contributed by atoms with E-state index in [1.165, 1.54) is 11.5 Å². The normalized spacial score (nSPS) is 21.0. The minimum atomic E-state index is -0.302. The number of nitrogens with zero attached hydrogens (tertiary/aromatic N) is 2. The first kappa shape index (κ1) is 17.8. The Balaban J connectivity index is 1.80. The van der Waals surface area contributed by atoms with Crippen molar-refractivity contribution in [1.82, 2.24) is 8.94 Å². The lowest BCUT2D eigenvalue weighted by atomic mass is 10.0. The molecule has 2 fully saturated rings. The molecule has 3 heterocycles. The Morgan fingerprint density at radius 3 is 2.71 bits per heavy atom. The van der Waals surface area contributed by atoms with Crippen molar-refractivity contribution < 1.29 is 4.74 Å². The molecule has 1 aliphatic heterocycles. The molecule has 3 aromatic rings. The van der Waals surface area contributed by atoms with Gasteiger partial charge >= 0.3 is 0 Å². The first-order valence-corrected chi connectivity index (χ1v) is 10.6. The molecule has 2 atom stereocenters. The van der Waals surface area contributed by atoms with Crippen LogP contribution in [0.2, 0.25) is 0 Å². The number of rotatable bonds is 4. The van der Waals surface area contributed by atoms with Gasteiger partial charge in [-0.15, -0.1) is 0 Å². The molecule has 7 nitrogen and oxygen atoms in total. The fourth-order valence-electron chi connectivity index (χ4n) is 4.45. The van der Waals surface area contributed by atoms with Gasteiger partial charge in [-0.2, -0.15) is 0 Å². The van der Waals surface area contributed by atoms with Crippen molar-refractivity contribution in [3.8, 4) is 5.75 Å². The maximum absolute atomic E-state index is 13.1. The summed E-state index contributed by atoms with van der Waals surface area (Å²) in [5.41, 5.74) is 7.40. The molecule has 1 saturated carbocycles. The largest absolute Gasteiger partial charge is 0.492 e. The summed E-state index contributed by atoms with van der Waals surface area (Å²) in [4.78, 5) is 28.4. The number of hydrogen-bond acceptors (Lipinski definition) is 6. The van der Waals surface area contributed by atoms with Gasteiger partial charge in [0.2, 0.25) is 5.43 Å². The summed E-state index contributed by atoms with van der Waals surface area (Å²) in [6, 6.07) is 4.26. The second-order valence-electron chi connectivity index (χ2n) is 8.01. The van der Waals surface area contributed by atoms with Gasteiger partial charge in [-0.1, -0.05) is 0 Å². The van der Waals surface area contributed by atoms with Crippen molar-refractivity contribution in [2.45, 2.75) is 38.3 Å². The average molecular weight is 401 g/mol. The molecule has 5 rings (SSSR count). The van der Waals surface area contributed by atoms with Crippen molar-refractivity contribution in [2.24, 2.45) is 11.7 Å². The lowest BCUT2D eigenvalue weighted by Crippen LogP contribution is -2.30. The summed E-state index contributed by atoms with van der Waals surface area (Å²) < 4.78 is 10.8. The topological polar surface area (TPSA) is 93.3 Å². The number of anilines is 1. The molecule has 0 spiro atoms. The van der Waals surface area contributed by atoms with Gasteiger partial charge < -0.3 is 19.9 Å². The van der Waals surface area contributed by atoms with Gasteiger partial charge in [0.15, 0.2) is 5.75 Å². The van der Waals surface area contributed by atoms with Crippen LogP contribution in [0.1, 0.15) is 32.2 Å². The van der Waals surface area contributed by atoms with Crippen LogP contribution in [0, 0.1) is 5.92 Å². The zero-order valence-corrected chi connectivity index (χ0v) is 16.8. The molecule has 8 heteroatoms. The summed E-state index contributed by atoms with van der Waals surface area (Å²) in [6.45, 7) is 3.86. The lowest BCUT2D eigenvalue weighted by molar-refractivity contribution is 0.417. The number of methoxy groups -OCH3 is 1. The van der Waals surface area contributed by atoms with Gasteiger partial charge in [0.25, 0.3) is 5.56 Å². The van der Waals surface area contributed by atoms with Crippen molar-refractivity contribution >= 4 is 38.3 Å². The Labute approximate surface area is 165 Å². The highest BCUT2D eigenvalue weighted by Crippen LogP contribution is 2.45. The van der Waals surface area contributed by atoms with E-state index in [1.807, 2.05) is 12.1 Å². The van der Waals surface area contributed by atoms with Crippen molar-refractivity contribution in [1.29, 1.82) is 0 Å². The zero-order chi connectivity index (χ0) is 19.6. The highest BCUT2D eigenvalue weighted by Gasteiger charge is 2.32. The van der Waals surface area contributed by atoms with E-state index in [0.717, 1.165) is 54.1 Å². The molecule has 0 bridgehead atoms. The van der Waals surface area contributed by atoms with Crippen LogP contribution in [-0.2, 0) is 0 Å². The van der Waals surface area contributed by atoms with Gasteiger partial charge in [0.05, 0.1) is 23.7 Å². The summed E-state index contributed by atoms with van der Waals surface area (Å²) in [5.74, 6) is 1.16. The third kappa shape index (κ3) is 2.51. The number of fused-ring (bicyclic) bond motifs is 2. The van der Waals surface area contributed by atoms with Gasteiger partial charge in [-0.05, 0) is 55.8 Å². The number of aromatic amines is 1. The second-order valence-corrected chi connectivity index (χ2v) is 8.81. The summed E-state index contributed by atoms with van der Waals surface area (Å²) in [5, 5.41) is 0.809. The van der Waals surface area contributed by atoms with Gasteiger partial charge in [0.1, 0.15) is 10.2 Å². The number of aromatic nitrogens is 2. The van der Waals surface area contributed by atoms with Crippen LogP contribution in [-0.4, -0.2) is 35.2 Å². The first-order valence-electron chi connectivity index (χ1n) is 9.78. The molecule has 2 aromatic heterocycles. The highest BCUT2D eigenvalue weighted by atomic mass is 32.1. The Kier molecular flexibility index (Phi) is 4.03. The number of ether oxygens (including phenoxy) is 1. The van der Waals surface area contributed by atoms with Gasteiger partial charge in [-0.25, -0.2) is 0 Å². The van der Waals surface area contributed by atoms with Crippen LogP contribution in [0.4, 0.5) is 5.69 Å². The van der Waals surface area contributed by atoms with Crippen LogP contribution in [0.25, 0.3) is 21.1 Å². The fourth-order valence-corrected chi connectivity index (χ4v) is 5.37. The van der Waals surface area contributed by atoms with E-state index in [1.54, 1.807) is 7.11 Å². The van der Waals surface area contributed by atoms with E-state index in [-0.39, 0.29) is 22.4 Å². The SMILES string of the molecule is COc1c(N2CCC([C@H](C)N)C2)ccc2c(=O)c3c(=O)[nH]sc3n(C3CC3)c12. The van der Waals surface area contributed by atoms with E-state index < -0.39 is 0 Å². The second kappa shape index (κ2) is 6.35. The van der Waals surface area contributed by atoms with Crippen molar-refractivity contribution in [2.75, 3.05) is 25.1 Å². The zero-order valence-electron chi connectivity index (χ0n) is 16.0. The number of pyridine rings is 1. The fraction of sp³-hybridized carbons (Fsp3) is 0.500. The number of nitrogens with two attached hydrogens (primary N) is 1. The van der Waals surface area contributed by atoms with Crippen LogP contribution in [0.3, 0.4) is 0 Å². The van der Waals surface area contributed by atoms with Crippen LogP contribution >= 0.6 is 11.5 Å². The van der Waals surface area contributed by atoms with Gasteiger partial charge in [-0.3, -0.25) is 14.0 Å². The number of H-pyrrole nitrogens is 1. The summed E-state index contributed by atoms with van der Waals surface area (Å²) in [6.07, 6.45) is 3.14. The van der Waals surface area contributed by atoms with E-state index in [2.05, 4.69) is 20.8 Å². The van der Waals surface area contributed by atoms with Gasteiger partial charge in [0, 0.05) is 25.2 Å². The molecule has 1 saturated heterocycles. The van der Waals surface area contributed by atoms with Crippen molar-refractivity contribution in [3.63, 3.8) is 0 Å². The van der Waals surface area contributed by atoms with E-state index in [9.17, 15) is 9.59 Å². The quantitative estimate of drug-likeness (QED) is 0.702. The standard InChI is InChI=1S/C20H24N4O3S/c1-10(21)11-7-8-23(9-11)14-6-5-13-16(18(14)27-2)24(12-3-4-12)20-15(17(13)25)19(26)22-28-20/h5-6,10-12H,3-4,7-9,21H2,1-2H3,(H,22,26)/t10-,11?/m0/s1. The smallest absolute Gasteiger partial charge is 0.271 e. The van der Waals surface area contributed by atoms with E-state index in [4.69, 9.17) is 10.5 Å². The Morgan fingerprint density at radius 2 is 2.07 bits per heavy atom. The van der Waals surface area contributed by atoms with Crippen LogP contribution in [0.15, 0.2) is 21.7 Å². The number of hydrogen-bond donors (Lipinski definition) is 2. The predicted molar refractivity (Wildman–Crippen MR) is 113 cm³/mol. The molecule has 0 amide bonds. The third-order valence-electron chi connectivity index (χ3n) is 6.15. The third-order valence-corrected chi connectivity index (χ3v) is 7.03. The molecule has 148 valence electrons. The average Bonchev–Trinajstić information content (AvgIpc) is 3.25. The minimum Gasteiger partial charge on any atom is -0.492 e. The monoisotopic (exact) mass is 400 g/mol. The van der Waals surface area contributed by atoms with Crippen LogP contribution in [0.5, 0.6) is 5.75 Å². The molecule has 2 aliphatic rings. The number of nitrogens with one attached hydrogen (secondary N) is 1. The molecule has 1 aliphatic carbocycles. The molecule has 1 aromatic carbocycles. The maximum atomic E-state index is 13.1.